The highest BCUT2D eigenvalue weighted by Crippen LogP contribution is 2.61. The maximum atomic E-state index is 10.8. The van der Waals surface area contributed by atoms with Crippen molar-refractivity contribution in [3.8, 4) is 0 Å². The highest BCUT2D eigenvalue weighted by atomic mass is 16.4. The van der Waals surface area contributed by atoms with Crippen LogP contribution < -0.4 is 0 Å². The number of aliphatic carboxylic acids is 1. The van der Waals surface area contributed by atoms with Crippen molar-refractivity contribution in [3.63, 3.8) is 0 Å². The summed E-state index contributed by atoms with van der Waals surface area (Å²) in [5, 5.41) is 19.3. The summed E-state index contributed by atoms with van der Waals surface area (Å²) in [6, 6.07) is 0. The van der Waals surface area contributed by atoms with Gasteiger partial charge in [0.1, 0.15) is 0 Å². The number of hydrogen-bond donors (Lipinski definition) is 2. The minimum atomic E-state index is -0.865. The minimum absolute atomic E-state index is 0.0576. The van der Waals surface area contributed by atoms with Gasteiger partial charge in [-0.15, -0.1) is 0 Å². The number of rotatable bonds is 4. The summed E-state index contributed by atoms with van der Waals surface area (Å²) >= 11 is 0. The zero-order valence-corrected chi connectivity index (χ0v) is 15.1. The molecule has 0 bridgehead atoms. The fourth-order valence-electron chi connectivity index (χ4n) is 5.35. The molecular weight excluding hydrogens is 288 g/mol. The van der Waals surface area contributed by atoms with Gasteiger partial charge in [0.2, 0.25) is 0 Å². The maximum Gasteiger partial charge on any atom is 0.328 e. The Kier molecular flexibility index (Phi) is 5.10. The minimum Gasteiger partial charge on any atom is -0.478 e. The lowest BCUT2D eigenvalue weighted by Crippen LogP contribution is -2.54. The van der Waals surface area contributed by atoms with Gasteiger partial charge in [0.05, 0.1) is 6.10 Å². The molecular formula is C20H32O3. The molecule has 2 N–H and O–H groups in total. The average molecular weight is 320 g/mol. The molecule has 3 heteroatoms. The van der Waals surface area contributed by atoms with Gasteiger partial charge in [0, 0.05) is 6.08 Å². The van der Waals surface area contributed by atoms with Gasteiger partial charge in [-0.05, 0) is 68.1 Å². The van der Waals surface area contributed by atoms with Crippen LogP contribution in [-0.4, -0.2) is 22.3 Å². The monoisotopic (exact) mass is 320 g/mol. The molecule has 0 aromatic heterocycles. The summed E-state index contributed by atoms with van der Waals surface area (Å²) in [7, 11) is 0. The number of aliphatic hydroxyl groups excluding tert-OH is 1. The van der Waals surface area contributed by atoms with E-state index in [0.717, 1.165) is 44.1 Å². The summed E-state index contributed by atoms with van der Waals surface area (Å²) in [4.78, 5) is 10.8. The summed E-state index contributed by atoms with van der Waals surface area (Å²) in [5.41, 5.74) is 2.35. The first-order valence-electron chi connectivity index (χ1n) is 8.85. The number of allylic oxidation sites excluding steroid dienone is 2. The van der Waals surface area contributed by atoms with Crippen molar-refractivity contribution < 1.29 is 15.0 Å². The van der Waals surface area contributed by atoms with Crippen LogP contribution in [0, 0.1) is 22.7 Å². The van der Waals surface area contributed by atoms with Crippen LogP contribution in [-0.2, 0) is 4.79 Å². The van der Waals surface area contributed by atoms with Crippen LogP contribution >= 0.6 is 0 Å². The molecule has 0 unspecified atom stereocenters. The van der Waals surface area contributed by atoms with E-state index in [0.29, 0.717) is 11.8 Å². The Balaban J connectivity index is 2.21. The van der Waals surface area contributed by atoms with Crippen LogP contribution in [0.1, 0.15) is 66.2 Å². The lowest BCUT2D eigenvalue weighted by atomic mass is 9.46. The molecule has 4 atom stereocenters. The first kappa shape index (κ1) is 18.3. The molecule has 2 aliphatic carbocycles. The molecule has 0 aliphatic heterocycles. The van der Waals surface area contributed by atoms with E-state index in [-0.39, 0.29) is 16.9 Å². The highest BCUT2D eigenvalue weighted by Gasteiger charge is 2.55. The van der Waals surface area contributed by atoms with Gasteiger partial charge in [-0.2, -0.15) is 0 Å². The van der Waals surface area contributed by atoms with E-state index in [1.807, 2.05) is 6.92 Å². The van der Waals surface area contributed by atoms with Crippen LogP contribution in [0.15, 0.2) is 23.8 Å². The Morgan fingerprint density at radius 1 is 1.35 bits per heavy atom. The van der Waals surface area contributed by atoms with E-state index in [1.165, 1.54) is 11.6 Å². The van der Waals surface area contributed by atoms with E-state index in [9.17, 15) is 9.90 Å². The fraction of sp³-hybridized carbons (Fsp3) is 0.750. The third-order valence-corrected chi connectivity index (χ3v) is 6.75. The van der Waals surface area contributed by atoms with E-state index in [4.69, 9.17) is 5.11 Å². The Labute approximate surface area is 140 Å². The average Bonchev–Trinajstić information content (AvgIpc) is 2.42. The standard InChI is InChI=1S/C20H32O3/c1-13(12-18(22)23)6-8-15-14(2)7-9-16-19(3,4)17(21)10-11-20(15,16)5/h12,15-17,21H,2,6-11H2,1,3-5H3,(H,22,23)/t15-,16-,17-,20+/m0/s1. The molecule has 0 radical (unpaired) electrons. The Morgan fingerprint density at radius 2 is 2.00 bits per heavy atom. The van der Waals surface area contributed by atoms with Gasteiger partial charge in [-0.1, -0.05) is 38.5 Å². The second-order valence-electron chi connectivity index (χ2n) is 8.55. The van der Waals surface area contributed by atoms with Crippen LogP contribution in [0.5, 0.6) is 0 Å². The first-order chi connectivity index (χ1) is 10.6. The molecule has 0 spiro atoms. The van der Waals surface area contributed by atoms with Gasteiger partial charge < -0.3 is 10.2 Å². The Hall–Kier alpha value is -1.09. The van der Waals surface area contributed by atoms with Crippen molar-refractivity contribution in [3.05, 3.63) is 23.8 Å². The van der Waals surface area contributed by atoms with Crippen molar-refractivity contribution >= 4 is 5.97 Å². The van der Waals surface area contributed by atoms with Gasteiger partial charge in [-0.25, -0.2) is 4.79 Å². The molecule has 3 nitrogen and oxygen atoms in total. The topological polar surface area (TPSA) is 57.5 Å². The fourth-order valence-corrected chi connectivity index (χ4v) is 5.35. The molecule has 0 amide bonds. The second kappa shape index (κ2) is 6.43. The Bertz CT molecular complexity index is 517. The third-order valence-electron chi connectivity index (χ3n) is 6.75. The van der Waals surface area contributed by atoms with E-state index in [2.05, 4.69) is 27.4 Å². The maximum absolute atomic E-state index is 10.8. The van der Waals surface area contributed by atoms with E-state index in [1.54, 1.807) is 0 Å². The molecule has 2 saturated carbocycles. The number of aliphatic hydroxyl groups is 1. The zero-order valence-electron chi connectivity index (χ0n) is 15.1. The summed E-state index contributed by atoms with van der Waals surface area (Å²) < 4.78 is 0. The summed E-state index contributed by atoms with van der Waals surface area (Å²) in [6.45, 7) is 13.0. The molecule has 0 aromatic carbocycles. The smallest absolute Gasteiger partial charge is 0.328 e. The number of hydrogen-bond acceptors (Lipinski definition) is 2. The highest BCUT2D eigenvalue weighted by molar-refractivity contribution is 5.80. The number of carboxylic acid groups (broad SMARTS) is 1. The summed E-state index contributed by atoms with van der Waals surface area (Å²) in [6.07, 6.45) is 6.90. The molecule has 2 aliphatic rings. The molecule has 23 heavy (non-hydrogen) atoms. The molecule has 0 saturated heterocycles. The SMILES string of the molecule is C=C1CC[C@H]2C(C)(C)[C@@H](O)CC[C@]2(C)[C@H]1CCC(C)=CC(=O)O. The molecule has 2 fully saturated rings. The van der Waals surface area contributed by atoms with Crippen molar-refractivity contribution in [2.24, 2.45) is 22.7 Å². The predicted molar refractivity (Wildman–Crippen MR) is 93.1 cm³/mol. The van der Waals surface area contributed by atoms with Crippen LogP contribution in [0.25, 0.3) is 0 Å². The number of fused-ring (bicyclic) bond motifs is 1. The second-order valence-corrected chi connectivity index (χ2v) is 8.55. The van der Waals surface area contributed by atoms with Crippen molar-refractivity contribution in [2.45, 2.75) is 72.3 Å². The Morgan fingerprint density at radius 3 is 2.61 bits per heavy atom. The lowest BCUT2D eigenvalue weighted by molar-refractivity contribution is -0.131. The largest absolute Gasteiger partial charge is 0.478 e. The van der Waals surface area contributed by atoms with Crippen LogP contribution in [0.3, 0.4) is 0 Å². The first-order valence-corrected chi connectivity index (χ1v) is 8.85. The molecule has 2 rings (SSSR count). The van der Waals surface area contributed by atoms with Crippen molar-refractivity contribution in [2.75, 3.05) is 0 Å². The number of carboxylic acids is 1. The molecule has 0 aromatic rings. The third kappa shape index (κ3) is 3.40. The van der Waals surface area contributed by atoms with Gasteiger partial charge in [0.15, 0.2) is 0 Å². The van der Waals surface area contributed by atoms with Gasteiger partial charge in [0.25, 0.3) is 0 Å². The predicted octanol–water partition coefficient (Wildman–Crippen LogP) is 4.57. The summed E-state index contributed by atoms with van der Waals surface area (Å²) in [5.74, 6) is 0.0548. The van der Waals surface area contributed by atoms with Gasteiger partial charge >= 0.3 is 5.97 Å². The van der Waals surface area contributed by atoms with Crippen molar-refractivity contribution in [1.29, 1.82) is 0 Å². The molecule has 130 valence electrons. The van der Waals surface area contributed by atoms with Crippen molar-refractivity contribution in [1.82, 2.24) is 0 Å². The number of carbonyl (C=O) groups is 1. The van der Waals surface area contributed by atoms with E-state index < -0.39 is 5.97 Å². The quantitative estimate of drug-likeness (QED) is 0.589. The molecule has 0 heterocycles. The van der Waals surface area contributed by atoms with Crippen LogP contribution in [0.2, 0.25) is 0 Å². The lowest BCUT2D eigenvalue weighted by Gasteiger charge is -2.59. The normalized spacial score (nSPS) is 37.3. The zero-order chi connectivity index (χ0) is 17.4. The van der Waals surface area contributed by atoms with Crippen LogP contribution in [0.4, 0.5) is 0 Å². The van der Waals surface area contributed by atoms with Gasteiger partial charge in [-0.3, -0.25) is 0 Å². The van der Waals surface area contributed by atoms with E-state index >= 15 is 0 Å².